The van der Waals surface area contributed by atoms with Gasteiger partial charge in [-0.25, -0.2) is 13.6 Å². The number of likely N-dealkylation sites (tertiary alicyclic amines) is 1. The van der Waals surface area contributed by atoms with Crippen LogP contribution in [-0.4, -0.2) is 77.2 Å². The van der Waals surface area contributed by atoms with E-state index < -0.39 is 60.6 Å². The lowest BCUT2D eigenvalue weighted by molar-refractivity contribution is -0.143. The first-order chi connectivity index (χ1) is 20.8. The molecule has 44 heavy (non-hydrogen) atoms. The molecule has 10 nitrogen and oxygen atoms in total. The van der Waals surface area contributed by atoms with Gasteiger partial charge in [-0.15, -0.1) is 0 Å². The second-order valence-corrected chi connectivity index (χ2v) is 14.0. The number of amides is 4. The monoisotopic (exact) mass is 624 g/mol. The number of Topliss-reactive ketones (excluding diaryl/α,β-unsaturated/α-hetero) is 1. The van der Waals surface area contributed by atoms with Crippen molar-refractivity contribution in [3.8, 4) is 0 Å². The molecule has 1 spiro atoms. The Morgan fingerprint density at radius 1 is 0.932 bits per heavy atom. The third-order valence-corrected chi connectivity index (χ3v) is 9.65. The first-order valence-corrected chi connectivity index (χ1v) is 16.6. The van der Waals surface area contributed by atoms with Gasteiger partial charge in [0.1, 0.15) is 12.1 Å². The van der Waals surface area contributed by atoms with Crippen LogP contribution in [0.25, 0.3) is 0 Å². The smallest absolute Gasteiger partial charge is 0.408 e. The molecule has 0 bridgehead atoms. The molecular formula is C32H50F2N4O6. The first kappa shape index (κ1) is 34.1. The van der Waals surface area contributed by atoms with Crippen LogP contribution in [-0.2, 0) is 23.9 Å². The van der Waals surface area contributed by atoms with Crippen molar-refractivity contribution in [3.05, 3.63) is 0 Å². The van der Waals surface area contributed by atoms with E-state index in [1.165, 1.54) is 4.90 Å². The summed E-state index contributed by atoms with van der Waals surface area (Å²) in [6, 6.07) is -3.40. The van der Waals surface area contributed by atoms with Gasteiger partial charge in [0, 0.05) is 19.0 Å². The number of alkyl halides is 2. The second kappa shape index (κ2) is 14.5. The lowest BCUT2D eigenvalue weighted by atomic mass is 9.72. The van der Waals surface area contributed by atoms with Gasteiger partial charge in [0.05, 0.1) is 12.1 Å². The lowest BCUT2D eigenvalue weighted by Crippen LogP contribution is -2.58. The second-order valence-electron chi connectivity index (χ2n) is 14.0. The summed E-state index contributed by atoms with van der Waals surface area (Å²) >= 11 is 0. The van der Waals surface area contributed by atoms with Crippen molar-refractivity contribution in [2.24, 2.45) is 11.3 Å². The van der Waals surface area contributed by atoms with Crippen LogP contribution in [0.15, 0.2) is 0 Å². The quantitative estimate of drug-likeness (QED) is 0.276. The number of carbonyl (C=O) groups excluding carboxylic acids is 5. The minimum Gasteiger partial charge on any atom is -0.447 e. The van der Waals surface area contributed by atoms with E-state index in [1.807, 2.05) is 0 Å². The van der Waals surface area contributed by atoms with E-state index in [-0.39, 0.29) is 29.4 Å². The number of alkyl carbamates (subject to hydrolysis) is 1. The molecule has 3 N–H and O–H groups in total. The molecule has 248 valence electrons. The number of hydrogen-bond donors (Lipinski definition) is 3. The van der Waals surface area contributed by atoms with Gasteiger partial charge in [0.25, 0.3) is 5.91 Å². The molecule has 4 aliphatic rings. The molecule has 4 amide bonds. The molecule has 3 saturated carbocycles. The Morgan fingerprint density at radius 3 is 2.16 bits per heavy atom. The van der Waals surface area contributed by atoms with Crippen LogP contribution < -0.4 is 16.0 Å². The predicted octanol–water partition coefficient (Wildman–Crippen LogP) is 4.39. The summed E-state index contributed by atoms with van der Waals surface area (Å²) in [6.45, 7) is 4.51. The number of rotatable bonds is 12. The molecule has 1 saturated heterocycles. The highest BCUT2D eigenvalue weighted by molar-refractivity contribution is 6.38. The summed E-state index contributed by atoms with van der Waals surface area (Å²) in [5.74, 6) is -6.07. The third kappa shape index (κ3) is 9.36. The molecule has 12 heteroatoms. The summed E-state index contributed by atoms with van der Waals surface area (Å²) in [5.41, 5.74) is -0.287. The lowest BCUT2D eigenvalue weighted by Gasteiger charge is -2.36. The Kier molecular flexibility index (Phi) is 11.3. The summed E-state index contributed by atoms with van der Waals surface area (Å²) in [4.78, 5) is 68.3. The van der Waals surface area contributed by atoms with E-state index in [0.29, 0.717) is 13.0 Å². The third-order valence-electron chi connectivity index (χ3n) is 9.65. The van der Waals surface area contributed by atoms with E-state index in [0.717, 1.165) is 84.0 Å². The van der Waals surface area contributed by atoms with Crippen LogP contribution >= 0.6 is 0 Å². The summed E-state index contributed by atoms with van der Waals surface area (Å²) in [7, 11) is 0. The van der Waals surface area contributed by atoms with Crippen molar-refractivity contribution in [1.82, 2.24) is 20.9 Å². The van der Waals surface area contributed by atoms with Crippen LogP contribution in [0.5, 0.6) is 0 Å². The van der Waals surface area contributed by atoms with Crippen molar-refractivity contribution in [2.75, 3.05) is 6.54 Å². The molecule has 0 radical (unpaired) electrons. The minimum atomic E-state index is -3.10. The van der Waals surface area contributed by atoms with E-state index in [2.05, 4.69) is 16.0 Å². The van der Waals surface area contributed by atoms with Gasteiger partial charge in [-0.1, -0.05) is 38.5 Å². The molecule has 0 unspecified atom stereocenters. The average Bonchev–Trinajstić information content (AvgIpc) is 3.71. The zero-order valence-electron chi connectivity index (χ0n) is 26.4. The number of hydrogen-bond acceptors (Lipinski definition) is 6. The summed E-state index contributed by atoms with van der Waals surface area (Å²) in [5, 5.41) is 8.00. The molecule has 3 atom stereocenters. The van der Waals surface area contributed by atoms with Gasteiger partial charge in [0.2, 0.25) is 23.5 Å². The van der Waals surface area contributed by atoms with E-state index in [1.54, 1.807) is 13.8 Å². The van der Waals surface area contributed by atoms with E-state index in [9.17, 15) is 32.8 Å². The molecule has 0 aromatic heterocycles. The minimum absolute atomic E-state index is 0.115. The van der Waals surface area contributed by atoms with Crippen LogP contribution in [0.2, 0.25) is 0 Å². The standard InChI is InChI=1S/C32H50F2N4O6/c1-20(2)44-30(43)37-25(21-10-6-4-7-11-21)29(42)38-19-32(15-8-5-9-16-32)18-24(38)27(40)36-23(14-17-31(3,33)34)26(39)28(41)35-22-12-13-22/h20-25H,4-19H2,1-3H3,(H,35,41)(H,36,40)(H,37,43)/t23-,24-,25-/m0/s1. The summed E-state index contributed by atoms with van der Waals surface area (Å²) in [6.07, 6.45) is 8.78. The Morgan fingerprint density at radius 2 is 1.57 bits per heavy atom. The van der Waals surface area contributed by atoms with Crippen molar-refractivity contribution >= 4 is 29.6 Å². The molecule has 3 aliphatic carbocycles. The molecule has 1 aliphatic heterocycles. The van der Waals surface area contributed by atoms with Gasteiger partial charge < -0.3 is 25.6 Å². The number of carbonyl (C=O) groups is 5. The van der Waals surface area contributed by atoms with Gasteiger partial charge >= 0.3 is 6.09 Å². The van der Waals surface area contributed by atoms with Gasteiger partial charge in [-0.2, -0.15) is 0 Å². The van der Waals surface area contributed by atoms with Crippen LogP contribution in [0.1, 0.15) is 117 Å². The molecular weight excluding hydrogens is 574 g/mol. The largest absolute Gasteiger partial charge is 0.447 e. The number of ether oxygens (including phenoxy) is 1. The maximum Gasteiger partial charge on any atom is 0.408 e. The maximum absolute atomic E-state index is 14.4. The SMILES string of the molecule is CC(C)OC(=O)N[C@H](C(=O)N1CC2(CCCCC2)C[C@H]1C(=O)N[C@@H](CCC(C)(F)F)C(=O)C(=O)NC1CC1)C1CCCCC1. The highest BCUT2D eigenvalue weighted by Crippen LogP contribution is 2.47. The highest BCUT2D eigenvalue weighted by Gasteiger charge is 2.51. The van der Waals surface area contributed by atoms with E-state index in [4.69, 9.17) is 4.74 Å². The fourth-order valence-corrected chi connectivity index (χ4v) is 7.17. The Hall–Kier alpha value is -2.79. The molecule has 0 aromatic rings. The topological polar surface area (TPSA) is 134 Å². The Labute approximate surface area is 259 Å². The number of halogens is 2. The van der Waals surface area contributed by atoms with Crippen LogP contribution in [0.3, 0.4) is 0 Å². The highest BCUT2D eigenvalue weighted by atomic mass is 19.3. The van der Waals surface area contributed by atoms with Gasteiger partial charge in [-0.3, -0.25) is 19.2 Å². The van der Waals surface area contributed by atoms with Gasteiger partial charge in [0.15, 0.2) is 0 Å². The Balaban J connectivity index is 1.58. The number of nitrogens with one attached hydrogen (secondary N) is 3. The normalized spacial score (nSPS) is 23.6. The fourth-order valence-electron chi connectivity index (χ4n) is 7.17. The maximum atomic E-state index is 14.4. The zero-order valence-corrected chi connectivity index (χ0v) is 26.4. The van der Waals surface area contributed by atoms with Crippen LogP contribution in [0.4, 0.5) is 13.6 Å². The molecule has 4 rings (SSSR count). The number of nitrogens with zero attached hydrogens (tertiary/aromatic N) is 1. The average molecular weight is 625 g/mol. The van der Waals surface area contributed by atoms with Gasteiger partial charge in [-0.05, 0) is 83.5 Å². The molecule has 4 fully saturated rings. The first-order valence-electron chi connectivity index (χ1n) is 16.6. The van der Waals surface area contributed by atoms with Crippen molar-refractivity contribution in [3.63, 3.8) is 0 Å². The van der Waals surface area contributed by atoms with Crippen molar-refractivity contribution in [2.45, 2.75) is 153 Å². The Bertz CT molecular complexity index is 1060. The molecule has 1 heterocycles. The predicted molar refractivity (Wildman–Crippen MR) is 159 cm³/mol. The number of ketones is 1. The van der Waals surface area contributed by atoms with Crippen molar-refractivity contribution < 1.29 is 37.5 Å². The van der Waals surface area contributed by atoms with Crippen molar-refractivity contribution in [1.29, 1.82) is 0 Å². The molecule has 0 aromatic carbocycles. The van der Waals surface area contributed by atoms with E-state index >= 15 is 0 Å². The summed E-state index contributed by atoms with van der Waals surface area (Å²) < 4.78 is 33.0. The fraction of sp³-hybridized carbons (Fsp3) is 0.844. The van der Waals surface area contributed by atoms with Crippen LogP contribution in [0, 0.1) is 11.3 Å². The zero-order chi connectivity index (χ0) is 32.1.